The number of nitrogen functional groups attached to an aromatic ring is 1. The molecule has 0 bridgehead atoms. The molecule has 0 aliphatic carbocycles. The van der Waals surface area contributed by atoms with Gasteiger partial charge in [-0.05, 0) is 25.5 Å². The van der Waals surface area contributed by atoms with Crippen LogP contribution in [0.1, 0.15) is 18.3 Å². The van der Waals surface area contributed by atoms with Crippen LogP contribution in [-0.2, 0) is 11.3 Å². The van der Waals surface area contributed by atoms with Gasteiger partial charge in [0.05, 0.1) is 5.69 Å². The lowest BCUT2D eigenvalue weighted by Gasteiger charge is -2.09. The first-order valence-corrected chi connectivity index (χ1v) is 6.08. The zero-order chi connectivity index (χ0) is 13.8. The molecule has 0 saturated heterocycles. The van der Waals surface area contributed by atoms with Gasteiger partial charge in [-0.3, -0.25) is 0 Å². The Morgan fingerprint density at radius 3 is 2.84 bits per heavy atom. The van der Waals surface area contributed by atoms with Gasteiger partial charge in [-0.15, -0.1) is 0 Å². The largest absolute Gasteiger partial charge is 0.384 e. The molecule has 4 nitrogen and oxygen atoms in total. The van der Waals surface area contributed by atoms with Gasteiger partial charge in [-0.2, -0.15) is 0 Å². The number of nitrogens with two attached hydrogens (primary N) is 1. The van der Waals surface area contributed by atoms with E-state index in [1.165, 1.54) is 6.07 Å². The van der Waals surface area contributed by atoms with Crippen molar-refractivity contribution in [1.29, 1.82) is 0 Å². The second-order valence-electron chi connectivity index (χ2n) is 4.14. The fraction of sp³-hybridized carbons (Fsp3) is 0.286. The Hall–Kier alpha value is -2.01. The van der Waals surface area contributed by atoms with Crippen LogP contribution in [0.4, 0.5) is 10.2 Å². The third-order valence-electron chi connectivity index (χ3n) is 2.77. The summed E-state index contributed by atoms with van der Waals surface area (Å²) in [5.74, 6) is 0.588. The van der Waals surface area contributed by atoms with E-state index in [0.717, 1.165) is 0 Å². The number of benzene rings is 1. The lowest BCUT2D eigenvalue weighted by molar-refractivity contribution is 0.128. The smallest absolute Gasteiger partial charge is 0.157 e. The first-order valence-electron chi connectivity index (χ1n) is 6.08. The van der Waals surface area contributed by atoms with E-state index in [2.05, 4.69) is 9.97 Å². The molecule has 2 N–H and O–H groups in total. The predicted molar refractivity (Wildman–Crippen MR) is 71.9 cm³/mol. The lowest BCUT2D eigenvalue weighted by Crippen LogP contribution is -2.04. The van der Waals surface area contributed by atoms with E-state index in [4.69, 9.17) is 10.5 Å². The first kappa shape index (κ1) is 13.4. The summed E-state index contributed by atoms with van der Waals surface area (Å²) in [6.45, 7) is 4.48. The number of halogens is 1. The molecule has 0 saturated carbocycles. The van der Waals surface area contributed by atoms with Gasteiger partial charge < -0.3 is 10.5 Å². The van der Waals surface area contributed by atoms with Crippen molar-refractivity contribution in [3.8, 4) is 11.3 Å². The van der Waals surface area contributed by atoms with Gasteiger partial charge >= 0.3 is 0 Å². The van der Waals surface area contributed by atoms with E-state index >= 15 is 0 Å². The van der Waals surface area contributed by atoms with Gasteiger partial charge in [0, 0.05) is 18.2 Å². The summed E-state index contributed by atoms with van der Waals surface area (Å²) in [5.41, 5.74) is 7.63. The molecule has 0 atom stereocenters. The Labute approximate surface area is 111 Å². The molecule has 2 rings (SSSR count). The Morgan fingerprint density at radius 1 is 1.32 bits per heavy atom. The summed E-state index contributed by atoms with van der Waals surface area (Å²) in [6, 6.07) is 6.52. The van der Waals surface area contributed by atoms with Gasteiger partial charge in [0.25, 0.3) is 0 Å². The third-order valence-corrected chi connectivity index (χ3v) is 2.77. The summed E-state index contributed by atoms with van der Waals surface area (Å²) in [4.78, 5) is 8.46. The van der Waals surface area contributed by atoms with Crippen molar-refractivity contribution >= 4 is 5.82 Å². The highest BCUT2D eigenvalue weighted by Gasteiger charge is 2.10. The summed E-state index contributed by atoms with van der Waals surface area (Å²) >= 11 is 0. The van der Waals surface area contributed by atoms with E-state index < -0.39 is 0 Å². The molecule has 1 aromatic carbocycles. The van der Waals surface area contributed by atoms with Crippen LogP contribution in [0.5, 0.6) is 0 Å². The van der Waals surface area contributed by atoms with Gasteiger partial charge in [0.15, 0.2) is 5.82 Å². The van der Waals surface area contributed by atoms with E-state index in [-0.39, 0.29) is 5.82 Å². The van der Waals surface area contributed by atoms with E-state index in [1.807, 2.05) is 13.0 Å². The fourth-order valence-electron chi connectivity index (χ4n) is 1.80. The number of ether oxygens (including phenoxy) is 1. The second kappa shape index (κ2) is 5.75. The summed E-state index contributed by atoms with van der Waals surface area (Å²) in [7, 11) is 0. The minimum Gasteiger partial charge on any atom is -0.384 e. The lowest BCUT2D eigenvalue weighted by atomic mass is 10.0. The van der Waals surface area contributed by atoms with E-state index in [1.54, 1.807) is 19.1 Å². The Balaban J connectivity index is 2.44. The number of anilines is 1. The van der Waals surface area contributed by atoms with Crippen LogP contribution in [0.25, 0.3) is 11.3 Å². The maximum Gasteiger partial charge on any atom is 0.157 e. The van der Waals surface area contributed by atoms with E-state index in [0.29, 0.717) is 41.7 Å². The molecule has 0 radical (unpaired) electrons. The van der Waals surface area contributed by atoms with Crippen molar-refractivity contribution in [2.24, 2.45) is 0 Å². The summed E-state index contributed by atoms with van der Waals surface area (Å²) in [5, 5.41) is 0. The number of rotatable bonds is 4. The maximum absolute atomic E-state index is 13.6. The molecule has 1 heterocycles. The first-order chi connectivity index (χ1) is 9.11. The molecule has 0 spiro atoms. The molecule has 1 aromatic heterocycles. The number of hydrogen-bond acceptors (Lipinski definition) is 4. The molecule has 0 unspecified atom stereocenters. The van der Waals surface area contributed by atoms with Crippen molar-refractivity contribution in [3.05, 3.63) is 41.5 Å². The van der Waals surface area contributed by atoms with Crippen molar-refractivity contribution in [2.75, 3.05) is 12.3 Å². The topological polar surface area (TPSA) is 61.0 Å². The van der Waals surface area contributed by atoms with E-state index in [9.17, 15) is 4.39 Å². The molecular formula is C14H16FN3O. The third kappa shape index (κ3) is 3.06. The zero-order valence-corrected chi connectivity index (χ0v) is 11.0. The highest BCUT2D eigenvalue weighted by molar-refractivity contribution is 5.65. The molecule has 5 heteroatoms. The molecule has 0 amide bonds. The van der Waals surface area contributed by atoms with Gasteiger partial charge in [0.1, 0.15) is 18.2 Å². The molecule has 100 valence electrons. The molecule has 0 fully saturated rings. The van der Waals surface area contributed by atoms with Gasteiger partial charge in [0.2, 0.25) is 0 Å². The monoisotopic (exact) mass is 261 g/mol. The van der Waals surface area contributed by atoms with Gasteiger partial charge in [-0.1, -0.05) is 12.1 Å². The zero-order valence-electron chi connectivity index (χ0n) is 11.0. The standard InChI is InChI=1S/C14H16FN3O/c1-3-19-8-14-17-12(7-13(16)18-14)10-5-4-6-11(15)9(10)2/h4-7H,3,8H2,1-2H3,(H2,16,17,18). The Bertz CT molecular complexity index is 587. The van der Waals surface area contributed by atoms with Gasteiger partial charge in [-0.25, -0.2) is 14.4 Å². The Morgan fingerprint density at radius 2 is 2.11 bits per heavy atom. The highest BCUT2D eigenvalue weighted by atomic mass is 19.1. The average molecular weight is 261 g/mol. The summed E-state index contributed by atoms with van der Waals surface area (Å²) in [6.07, 6.45) is 0. The average Bonchev–Trinajstić information content (AvgIpc) is 2.39. The molecular weight excluding hydrogens is 245 g/mol. The second-order valence-corrected chi connectivity index (χ2v) is 4.14. The minimum absolute atomic E-state index is 0.263. The van der Waals surface area contributed by atoms with Crippen molar-refractivity contribution in [2.45, 2.75) is 20.5 Å². The highest BCUT2D eigenvalue weighted by Crippen LogP contribution is 2.24. The van der Waals surface area contributed by atoms with Crippen LogP contribution in [0, 0.1) is 12.7 Å². The predicted octanol–water partition coefficient (Wildman–Crippen LogP) is 2.71. The quantitative estimate of drug-likeness (QED) is 0.919. The fourth-order valence-corrected chi connectivity index (χ4v) is 1.80. The summed E-state index contributed by atoms with van der Waals surface area (Å²) < 4.78 is 18.8. The molecule has 19 heavy (non-hydrogen) atoms. The van der Waals surface area contributed by atoms with Crippen molar-refractivity contribution < 1.29 is 9.13 Å². The van der Waals surface area contributed by atoms with Crippen LogP contribution in [-0.4, -0.2) is 16.6 Å². The van der Waals surface area contributed by atoms with Crippen molar-refractivity contribution in [1.82, 2.24) is 9.97 Å². The van der Waals surface area contributed by atoms with Crippen LogP contribution in [0.15, 0.2) is 24.3 Å². The van der Waals surface area contributed by atoms with Crippen LogP contribution >= 0.6 is 0 Å². The molecule has 2 aromatic rings. The molecule has 0 aliphatic rings. The van der Waals surface area contributed by atoms with Crippen molar-refractivity contribution in [3.63, 3.8) is 0 Å². The van der Waals surface area contributed by atoms with Crippen LogP contribution in [0.3, 0.4) is 0 Å². The number of aromatic nitrogens is 2. The number of nitrogens with zero attached hydrogens (tertiary/aromatic N) is 2. The minimum atomic E-state index is -0.263. The van der Waals surface area contributed by atoms with Crippen LogP contribution in [0.2, 0.25) is 0 Å². The van der Waals surface area contributed by atoms with Crippen LogP contribution < -0.4 is 5.73 Å². The Kier molecular flexibility index (Phi) is 4.06. The number of hydrogen-bond donors (Lipinski definition) is 1. The maximum atomic E-state index is 13.6. The SMILES string of the molecule is CCOCc1nc(N)cc(-c2cccc(F)c2C)n1. The normalized spacial score (nSPS) is 10.7. The molecule has 0 aliphatic heterocycles.